The van der Waals surface area contributed by atoms with Crippen molar-refractivity contribution in [3.8, 4) is 0 Å². The van der Waals surface area contributed by atoms with Gasteiger partial charge in [0.2, 0.25) is 0 Å². The molecule has 1 unspecified atom stereocenters. The molecule has 7 heteroatoms. The number of carbonyl (C=O) groups excluding carboxylic acids is 1. The summed E-state index contributed by atoms with van der Waals surface area (Å²) >= 11 is 0. The average molecular weight is 359 g/mol. The van der Waals surface area contributed by atoms with Crippen molar-refractivity contribution in [1.29, 1.82) is 0 Å². The van der Waals surface area contributed by atoms with E-state index in [4.69, 9.17) is 0 Å². The Kier molecular flexibility index (Phi) is 4.42. The molecule has 1 aromatic heterocycles. The lowest BCUT2D eigenvalue weighted by atomic mass is 9.76. The number of carboxylic acids is 1. The number of aromatic nitrogens is 2. The third-order valence-electron chi connectivity index (χ3n) is 5.50. The molecule has 1 N–H and O–H groups in total. The van der Waals surface area contributed by atoms with E-state index in [0.29, 0.717) is 35.4 Å². The van der Waals surface area contributed by atoms with E-state index >= 15 is 0 Å². The van der Waals surface area contributed by atoms with Crippen LogP contribution in [0.4, 0.5) is 4.39 Å². The van der Waals surface area contributed by atoms with Gasteiger partial charge in [-0.05, 0) is 32.3 Å². The standard InChI is InChI=1S/C19H22FN3O3/c1-10(2)19(18(25)26)5-6-23(9-19)17(24)14-7-13(20)8-15-16(14)22-12(4)11(3)21-15/h7-8,10H,5-6,9H2,1-4H3,(H,25,26). The van der Waals surface area contributed by atoms with E-state index in [0.717, 1.165) is 6.07 Å². The number of likely N-dealkylation sites (tertiary alicyclic amines) is 1. The highest BCUT2D eigenvalue weighted by Gasteiger charge is 2.48. The van der Waals surface area contributed by atoms with Crippen molar-refractivity contribution in [2.75, 3.05) is 13.1 Å². The Bertz CT molecular complexity index is 913. The molecule has 1 aromatic carbocycles. The van der Waals surface area contributed by atoms with Crippen LogP contribution in [0.15, 0.2) is 12.1 Å². The van der Waals surface area contributed by atoms with E-state index in [1.54, 1.807) is 13.8 Å². The smallest absolute Gasteiger partial charge is 0.311 e. The topological polar surface area (TPSA) is 83.4 Å². The van der Waals surface area contributed by atoms with Crippen LogP contribution < -0.4 is 0 Å². The number of benzene rings is 1. The summed E-state index contributed by atoms with van der Waals surface area (Å²) in [5.41, 5.74) is 1.16. The maximum absolute atomic E-state index is 14.1. The number of carbonyl (C=O) groups is 2. The van der Waals surface area contributed by atoms with Crippen LogP contribution in [0.25, 0.3) is 11.0 Å². The molecule has 2 aromatic rings. The van der Waals surface area contributed by atoms with Gasteiger partial charge in [-0.3, -0.25) is 9.59 Å². The van der Waals surface area contributed by atoms with E-state index in [-0.39, 0.29) is 18.0 Å². The van der Waals surface area contributed by atoms with Crippen LogP contribution in [0, 0.1) is 31.0 Å². The molecule has 26 heavy (non-hydrogen) atoms. The highest BCUT2D eigenvalue weighted by Crippen LogP contribution is 2.39. The Labute approximate surface area is 151 Å². The monoisotopic (exact) mass is 359 g/mol. The Morgan fingerprint density at radius 2 is 1.88 bits per heavy atom. The van der Waals surface area contributed by atoms with Crippen molar-refractivity contribution in [3.63, 3.8) is 0 Å². The first kappa shape index (κ1) is 18.2. The van der Waals surface area contributed by atoms with Gasteiger partial charge in [-0.25, -0.2) is 14.4 Å². The van der Waals surface area contributed by atoms with E-state index in [1.165, 1.54) is 11.0 Å². The van der Waals surface area contributed by atoms with Crippen LogP contribution in [-0.4, -0.2) is 44.9 Å². The van der Waals surface area contributed by atoms with Crippen LogP contribution in [0.5, 0.6) is 0 Å². The third-order valence-corrected chi connectivity index (χ3v) is 5.50. The van der Waals surface area contributed by atoms with Crippen molar-refractivity contribution in [2.45, 2.75) is 34.1 Å². The van der Waals surface area contributed by atoms with E-state index < -0.39 is 23.1 Å². The first-order valence-corrected chi connectivity index (χ1v) is 8.63. The molecule has 1 amide bonds. The molecule has 1 aliphatic heterocycles. The Morgan fingerprint density at radius 3 is 2.46 bits per heavy atom. The number of hydrogen-bond acceptors (Lipinski definition) is 4. The first-order valence-electron chi connectivity index (χ1n) is 8.63. The van der Waals surface area contributed by atoms with Crippen LogP contribution in [0.3, 0.4) is 0 Å². The van der Waals surface area contributed by atoms with E-state index in [1.807, 2.05) is 13.8 Å². The van der Waals surface area contributed by atoms with Crippen molar-refractivity contribution < 1.29 is 19.1 Å². The SMILES string of the molecule is Cc1nc2cc(F)cc(C(=O)N3CCC(C(=O)O)(C(C)C)C3)c2nc1C. The second-order valence-corrected chi connectivity index (χ2v) is 7.31. The average Bonchev–Trinajstić information content (AvgIpc) is 3.02. The predicted octanol–water partition coefficient (Wildman–Crippen LogP) is 2.96. The summed E-state index contributed by atoms with van der Waals surface area (Å²) in [6.07, 6.45) is 0.378. The number of amides is 1. The number of aliphatic carboxylic acids is 1. The van der Waals surface area contributed by atoms with Gasteiger partial charge in [-0.1, -0.05) is 13.8 Å². The molecule has 1 fully saturated rings. The number of aryl methyl sites for hydroxylation is 2. The van der Waals surface area contributed by atoms with Crippen LogP contribution in [0.1, 0.15) is 42.0 Å². The lowest BCUT2D eigenvalue weighted by Gasteiger charge is -2.28. The molecule has 0 radical (unpaired) electrons. The van der Waals surface area contributed by atoms with Crippen LogP contribution >= 0.6 is 0 Å². The molecular weight excluding hydrogens is 337 g/mol. The summed E-state index contributed by atoms with van der Waals surface area (Å²) in [6.45, 7) is 7.67. The third kappa shape index (κ3) is 2.81. The summed E-state index contributed by atoms with van der Waals surface area (Å²) in [7, 11) is 0. The van der Waals surface area contributed by atoms with Gasteiger partial charge in [0.15, 0.2) is 0 Å². The second kappa shape index (κ2) is 6.30. The number of nitrogens with zero attached hydrogens (tertiary/aromatic N) is 3. The summed E-state index contributed by atoms with van der Waals surface area (Å²) in [5.74, 6) is -1.99. The molecule has 6 nitrogen and oxygen atoms in total. The molecule has 1 atom stereocenters. The number of halogens is 1. The molecule has 0 spiro atoms. The molecule has 0 aliphatic carbocycles. The summed E-state index contributed by atoms with van der Waals surface area (Å²) in [4.78, 5) is 35.1. The summed E-state index contributed by atoms with van der Waals surface area (Å²) in [6, 6.07) is 2.41. The maximum atomic E-state index is 14.1. The molecule has 2 heterocycles. The summed E-state index contributed by atoms with van der Waals surface area (Å²) < 4.78 is 14.1. The quantitative estimate of drug-likeness (QED) is 0.911. The molecule has 1 saturated heterocycles. The largest absolute Gasteiger partial charge is 0.481 e. The zero-order valence-corrected chi connectivity index (χ0v) is 15.3. The van der Waals surface area contributed by atoms with Gasteiger partial charge in [0.1, 0.15) is 11.3 Å². The number of hydrogen-bond donors (Lipinski definition) is 1. The Hall–Kier alpha value is -2.57. The Morgan fingerprint density at radius 1 is 1.23 bits per heavy atom. The predicted molar refractivity (Wildman–Crippen MR) is 94.4 cm³/mol. The van der Waals surface area contributed by atoms with Gasteiger partial charge >= 0.3 is 5.97 Å². The van der Waals surface area contributed by atoms with Crippen molar-refractivity contribution >= 4 is 22.9 Å². The fourth-order valence-electron chi connectivity index (χ4n) is 3.53. The highest BCUT2D eigenvalue weighted by molar-refractivity contribution is 6.05. The van der Waals surface area contributed by atoms with Crippen molar-refractivity contribution in [1.82, 2.24) is 14.9 Å². The minimum atomic E-state index is -0.975. The van der Waals surface area contributed by atoms with Gasteiger partial charge in [0, 0.05) is 19.2 Å². The van der Waals surface area contributed by atoms with Gasteiger partial charge < -0.3 is 10.0 Å². The molecule has 3 rings (SSSR count). The first-order chi connectivity index (χ1) is 12.2. The zero-order chi connectivity index (χ0) is 19.2. The Balaban J connectivity index is 2.04. The molecule has 0 saturated carbocycles. The maximum Gasteiger partial charge on any atom is 0.311 e. The molecule has 138 valence electrons. The molecule has 0 bridgehead atoms. The van der Waals surface area contributed by atoms with E-state index in [2.05, 4.69) is 9.97 Å². The fourth-order valence-corrected chi connectivity index (χ4v) is 3.53. The van der Waals surface area contributed by atoms with Gasteiger partial charge in [-0.15, -0.1) is 0 Å². The number of carboxylic acid groups (broad SMARTS) is 1. The van der Waals surface area contributed by atoms with Crippen molar-refractivity contribution in [2.24, 2.45) is 11.3 Å². The van der Waals surface area contributed by atoms with Gasteiger partial charge in [0.05, 0.1) is 27.9 Å². The van der Waals surface area contributed by atoms with Gasteiger partial charge in [-0.2, -0.15) is 0 Å². The zero-order valence-electron chi connectivity index (χ0n) is 15.3. The minimum absolute atomic E-state index is 0.106. The van der Waals surface area contributed by atoms with E-state index in [9.17, 15) is 19.1 Å². The highest BCUT2D eigenvalue weighted by atomic mass is 19.1. The van der Waals surface area contributed by atoms with Crippen LogP contribution in [-0.2, 0) is 4.79 Å². The summed E-state index contributed by atoms with van der Waals surface area (Å²) in [5, 5.41) is 9.67. The van der Waals surface area contributed by atoms with Crippen molar-refractivity contribution in [3.05, 3.63) is 34.9 Å². The fraction of sp³-hybridized carbons (Fsp3) is 0.474. The lowest BCUT2D eigenvalue weighted by Crippen LogP contribution is -2.40. The molecular formula is C19H22FN3O3. The number of rotatable bonds is 3. The molecule has 1 aliphatic rings. The lowest BCUT2D eigenvalue weighted by molar-refractivity contribution is -0.150. The second-order valence-electron chi connectivity index (χ2n) is 7.31. The normalized spacial score (nSPS) is 20.2. The van der Waals surface area contributed by atoms with Gasteiger partial charge in [0.25, 0.3) is 5.91 Å². The van der Waals surface area contributed by atoms with Crippen LogP contribution in [0.2, 0.25) is 0 Å². The number of fused-ring (bicyclic) bond motifs is 1. The minimum Gasteiger partial charge on any atom is -0.481 e.